The minimum atomic E-state index is -0.294. The van der Waals surface area contributed by atoms with Crippen molar-refractivity contribution in [1.29, 1.82) is 5.26 Å². The number of carbonyl (C=O) groups excluding carboxylic acids is 2. The van der Waals surface area contributed by atoms with Gasteiger partial charge >= 0.3 is 0 Å². The summed E-state index contributed by atoms with van der Waals surface area (Å²) in [6.07, 6.45) is 12.2. The van der Waals surface area contributed by atoms with E-state index < -0.39 is 0 Å². The molecule has 1 fully saturated rings. The fourth-order valence-electron chi connectivity index (χ4n) is 6.04. The lowest BCUT2D eigenvalue weighted by Crippen LogP contribution is -2.38. The van der Waals surface area contributed by atoms with Gasteiger partial charge in [-0.15, -0.1) is 23.1 Å². The standard InChI is InChI=1S/C38H47N7O3S3/c1-6-8-30(44(5)36(47)29(22-39)21-33-40-16-20-49-33)27-12-10-26(11-13-27)9-7-17-45-18-14-28(15-19-45)35(46)43-37-42-24-34(51-37)50-25-32-41-23-31(48-32)38(2,3)4/h10-13,16,20-21,23-24,28,30H,6-9,14-15,17-19,25H2,1-5H3,(H,42,43,46)/b29-21+. The quantitative estimate of drug-likeness (QED) is 0.0725. The molecule has 51 heavy (non-hydrogen) atoms. The molecule has 1 aromatic carbocycles. The summed E-state index contributed by atoms with van der Waals surface area (Å²) >= 11 is 4.49. The molecule has 1 unspecified atom stereocenters. The van der Waals surface area contributed by atoms with Gasteiger partial charge in [0.15, 0.2) is 5.13 Å². The number of nitrogens with zero attached hydrogens (tertiary/aromatic N) is 6. The third kappa shape index (κ3) is 10.8. The molecule has 0 radical (unpaired) electrons. The van der Waals surface area contributed by atoms with Crippen molar-refractivity contribution < 1.29 is 14.0 Å². The van der Waals surface area contributed by atoms with Crippen LogP contribution in [-0.2, 0) is 27.2 Å². The van der Waals surface area contributed by atoms with E-state index in [0.29, 0.717) is 21.8 Å². The molecule has 2 amide bonds. The van der Waals surface area contributed by atoms with Crippen molar-refractivity contribution in [2.24, 2.45) is 5.92 Å². The second-order valence-corrected chi connectivity index (χ2v) is 17.1. The molecule has 1 aliphatic rings. The second kappa shape index (κ2) is 18.1. The first-order valence-electron chi connectivity index (χ1n) is 17.5. The minimum absolute atomic E-state index is 0.00916. The lowest BCUT2D eigenvalue weighted by atomic mass is 9.94. The molecule has 0 saturated carbocycles. The number of anilines is 1. The highest BCUT2D eigenvalue weighted by Gasteiger charge is 2.27. The Morgan fingerprint density at radius 2 is 1.94 bits per heavy atom. The van der Waals surface area contributed by atoms with Crippen LogP contribution in [0, 0.1) is 17.2 Å². The Kier molecular flexibility index (Phi) is 13.6. The molecule has 4 aromatic rings. The third-order valence-corrected chi connectivity index (χ3v) is 11.8. The Hall–Kier alpha value is -3.83. The first-order chi connectivity index (χ1) is 24.5. The number of carbonyl (C=O) groups is 2. The zero-order valence-corrected chi connectivity index (χ0v) is 32.5. The van der Waals surface area contributed by atoms with Gasteiger partial charge < -0.3 is 19.5 Å². The van der Waals surface area contributed by atoms with Crippen LogP contribution >= 0.6 is 34.4 Å². The molecule has 3 aromatic heterocycles. The summed E-state index contributed by atoms with van der Waals surface area (Å²) in [6, 6.07) is 10.5. The number of rotatable bonds is 15. The van der Waals surface area contributed by atoms with E-state index in [4.69, 9.17) is 4.42 Å². The molecule has 1 saturated heterocycles. The van der Waals surface area contributed by atoms with Gasteiger partial charge in [-0.05, 0) is 68.9 Å². The smallest absolute Gasteiger partial charge is 0.264 e. The van der Waals surface area contributed by atoms with Crippen molar-refractivity contribution in [3.05, 3.63) is 81.6 Å². The normalized spacial score (nSPS) is 15.0. The van der Waals surface area contributed by atoms with Crippen LogP contribution in [0.4, 0.5) is 5.13 Å². The Labute approximate surface area is 313 Å². The number of aryl methyl sites for hydroxylation is 1. The lowest BCUT2D eigenvalue weighted by Gasteiger charge is -2.31. The number of thioether (sulfide) groups is 1. The Bertz CT molecular complexity index is 1790. The van der Waals surface area contributed by atoms with Gasteiger partial charge in [-0.1, -0.05) is 69.7 Å². The van der Waals surface area contributed by atoms with Crippen LogP contribution in [0.15, 0.2) is 62.4 Å². The number of hydrogen-bond acceptors (Lipinski definition) is 11. The number of benzene rings is 1. The lowest BCUT2D eigenvalue weighted by molar-refractivity contribution is -0.127. The average Bonchev–Trinajstić information content (AvgIpc) is 3.92. The molecule has 0 bridgehead atoms. The SMILES string of the molecule is CCCC(c1ccc(CCCN2CCC(C(=O)Nc3ncc(SCc4ncc(C(C)(C)C)o4)s3)CC2)cc1)N(C)C(=O)/C(C#N)=C/c1nccs1. The van der Waals surface area contributed by atoms with Crippen molar-refractivity contribution in [2.45, 2.75) is 87.6 Å². The zero-order chi connectivity index (χ0) is 36.4. The first-order valence-corrected chi connectivity index (χ1v) is 20.2. The monoisotopic (exact) mass is 745 g/mol. The number of amides is 2. The van der Waals surface area contributed by atoms with Crippen molar-refractivity contribution >= 4 is 57.5 Å². The van der Waals surface area contributed by atoms with Gasteiger partial charge in [0.2, 0.25) is 11.8 Å². The predicted molar refractivity (Wildman–Crippen MR) is 206 cm³/mol. The molecule has 4 heterocycles. The molecular weight excluding hydrogens is 699 g/mol. The van der Waals surface area contributed by atoms with E-state index in [1.807, 2.05) is 5.38 Å². The number of likely N-dealkylation sites (N-methyl/N-ethyl adjacent to an activating group) is 1. The maximum atomic E-state index is 13.3. The minimum Gasteiger partial charge on any atom is -0.444 e. The summed E-state index contributed by atoms with van der Waals surface area (Å²) in [5.74, 6) is 1.93. The molecule has 1 N–H and O–H groups in total. The number of nitrogens with one attached hydrogen (secondary N) is 1. The number of oxazole rings is 1. The van der Waals surface area contributed by atoms with Crippen molar-refractivity contribution in [1.82, 2.24) is 24.8 Å². The summed E-state index contributed by atoms with van der Waals surface area (Å²) in [7, 11) is 1.77. The van der Waals surface area contributed by atoms with Crippen LogP contribution in [0.1, 0.15) is 93.6 Å². The average molecular weight is 746 g/mol. The van der Waals surface area contributed by atoms with Gasteiger partial charge in [-0.25, -0.2) is 15.0 Å². The largest absolute Gasteiger partial charge is 0.444 e. The van der Waals surface area contributed by atoms with Gasteiger partial charge in [-0.2, -0.15) is 5.26 Å². The van der Waals surface area contributed by atoms with Crippen LogP contribution < -0.4 is 5.32 Å². The summed E-state index contributed by atoms with van der Waals surface area (Å²) in [5, 5.41) is 15.8. The van der Waals surface area contributed by atoms with Crippen molar-refractivity contribution in [2.75, 3.05) is 32.0 Å². The van der Waals surface area contributed by atoms with Crippen LogP contribution in [0.2, 0.25) is 0 Å². The van der Waals surface area contributed by atoms with E-state index in [-0.39, 0.29) is 34.8 Å². The van der Waals surface area contributed by atoms with Crippen LogP contribution in [-0.4, -0.2) is 63.2 Å². The van der Waals surface area contributed by atoms with Crippen molar-refractivity contribution in [3.63, 3.8) is 0 Å². The van der Waals surface area contributed by atoms with E-state index in [2.05, 4.69) is 83.2 Å². The zero-order valence-electron chi connectivity index (χ0n) is 30.1. The summed E-state index contributed by atoms with van der Waals surface area (Å²) in [6.45, 7) is 11.2. The molecule has 5 rings (SSSR count). The fraction of sp³-hybridized carbons (Fsp3) is 0.474. The Balaban J connectivity index is 1.03. The number of piperidine rings is 1. The highest BCUT2D eigenvalue weighted by Crippen LogP contribution is 2.33. The van der Waals surface area contributed by atoms with E-state index >= 15 is 0 Å². The number of hydrogen-bond donors (Lipinski definition) is 1. The first kappa shape index (κ1) is 38.4. The van der Waals surface area contributed by atoms with E-state index in [1.54, 1.807) is 48.4 Å². The van der Waals surface area contributed by atoms with E-state index in [9.17, 15) is 14.9 Å². The third-order valence-electron chi connectivity index (χ3n) is 9.03. The maximum absolute atomic E-state index is 13.3. The number of aromatic nitrogens is 3. The summed E-state index contributed by atoms with van der Waals surface area (Å²) in [4.78, 5) is 43.4. The summed E-state index contributed by atoms with van der Waals surface area (Å²) < 4.78 is 6.90. The number of nitriles is 1. The Morgan fingerprint density at radius 1 is 1.18 bits per heavy atom. The molecule has 10 nitrogen and oxygen atoms in total. The predicted octanol–water partition coefficient (Wildman–Crippen LogP) is 8.37. The van der Waals surface area contributed by atoms with Gasteiger partial charge in [0.1, 0.15) is 22.4 Å². The van der Waals surface area contributed by atoms with Gasteiger partial charge in [-0.3, -0.25) is 9.59 Å². The highest BCUT2D eigenvalue weighted by atomic mass is 32.2. The van der Waals surface area contributed by atoms with Gasteiger partial charge in [0, 0.05) is 30.0 Å². The maximum Gasteiger partial charge on any atom is 0.264 e. The number of likely N-dealkylation sites (tertiary alicyclic amines) is 1. The van der Waals surface area contributed by atoms with Gasteiger partial charge in [0.25, 0.3) is 5.91 Å². The van der Waals surface area contributed by atoms with Crippen molar-refractivity contribution in [3.8, 4) is 6.07 Å². The highest BCUT2D eigenvalue weighted by molar-refractivity contribution is 8.00. The molecular formula is C38H47N7O3S3. The second-order valence-electron chi connectivity index (χ2n) is 13.9. The molecule has 0 spiro atoms. The molecule has 0 aliphatic carbocycles. The summed E-state index contributed by atoms with van der Waals surface area (Å²) in [5.41, 5.74) is 2.34. The fourth-order valence-corrected chi connectivity index (χ4v) is 8.34. The number of thiazole rings is 2. The van der Waals surface area contributed by atoms with E-state index in [1.165, 1.54) is 28.2 Å². The molecule has 1 aliphatic heterocycles. The van der Waals surface area contributed by atoms with Crippen LogP contribution in [0.25, 0.3) is 6.08 Å². The van der Waals surface area contributed by atoms with Crippen LogP contribution in [0.5, 0.6) is 0 Å². The molecule has 13 heteroatoms. The molecule has 270 valence electrons. The van der Waals surface area contributed by atoms with E-state index in [0.717, 1.165) is 73.7 Å². The topological polar surface area (TPSA) is 128 Å². The Morgan fingerprint density at radius 3 is 2.59 bits per heavy atom. The molecule has 1 atom stereocenters. The van der Waals surface area contributed by atoms with Crippen LogP contribution in [0.3, 0.4) is 0 Å². The van der Waals surface area contributed by atoms with Gasteiger partial charge in [0.05, 0.1) is 28.4 Å².